The predicted molar refractivity (Wildman–Crippen MR) is 79.8 cm³/mol. The summed E-state index contributed by atoms with van der Waals surface area (Å²) in [4.78, 5) is 8.66. The first-order valence-corrected chi connectivity index (χ1v) is 6.62. The molecule has 0 aliphatic heterocycles. The average molecular weight is 282 g/mol. The smallest absolute Gasteiger partial charge is 0.123 e. The Kier molecular flexibility index (Phi) is 3.60. The van der Waals surface area contributed by atoms with Crippen molar-refractivity contribution in [2.75, 3.05) is 0 Å². The van der Waals surface area contributed by atoms with Crippen LogP contribution in [0.1, 0.15) is 22.7 Å². The molecule has 0 spiro atoms. The van der Waals surface area contributed by atoms with E-state index in [-0.39, 0.29) is 11.9 Å². The number of rotatable bonds is 3. The summed E-state index contributed by atoms with van der Waals surface area (Å²) < 4.78 is 13.6. The Bertz CT molecular complexity index is 783. The van der Waals surface area contributed by atoms with Gasteiger partial charge < -0.3 is 0 Å². The monoisotopic (exact) mass is 282 g/mol. The molecule has 0 radical (unpaired) electrons. The minimum atomic E-state index is -0.346. The van der Waals surface area contributed by atoms with Crippen molar-refractivity contribution in [2.24, 2.45) is 5.84 Å². The van der Waals surface area contributed by atoms with Gasteiger partial charge in [-0.05, 0) is 36.2 Å². The number of aromatic nitrogens is 2. The highest BCUT2D eigenvalue weighted by Gasteiger charge is 2.18. The van der Waals surface area contributed by atoms with Gasteiger partial charge in [-0.3, -0.25) is 15.8 Å². The van der Waals surface area contributed by atoms with Gasteiger partial charge in [0.05, 0.1) is 17.1 Å². The maximum absolute atomic E-state index is 13.6. The highest BCUT2D eigenvalue weighted by atomic mass is 19.1. The van der Waals surface area contributed by atoms with Crippen LogP contribution in [0.5, 0.6) is 0 Å². The first kappa shape index (κ1) is 13.6. The van der Waals surface area contributed by atoms with Crippen molar-refractivity contribution in [1.82, 2.24) is 15.4 Å². The number of aryl methyl sites for hydroxylation is 1. The SMILES string of the molecule is Cc1ccc(F)cc1C(NN)c1cccc2nccnc12. The highest BCUT2D eigenvalue weighted by molar-refractivity contribution is 5.78. The van der Waals surface area contributed by atoms with Crippen molar-refractivity contribution in [1.29, 1.82) is 0 Å². The van der Waals surface area contributed by atoms with Gasteiger partial charge in [-0.1, -0.05) is 18.2 Å². The van der Waals surface area contributed by atoms with Gasteiger partial charge in [0.1, 0.15) is 5.82 Å². The average Bonchev–Trinajstić information content (AvgIpc) is 2.51. The molecule has 1 aromatic heterocycles. The summed E-state index contributed by atoms with van der Waals surface area (Å²) in [6.07, 6.45) is 3.28. The van der Waals surface area contributed by atoms with Gasteiger partial charge in [-0.2, -0.15) is 0 Å². The second-order valence-electron chi connectivity index (χ2n) is 4.87. The van der Waals surface area contributed by atoms with Gasteiger partial charge in [0.2, 0.25) is 0 Å². The molecule has 0 saturated carbocycles. The normalized spacial score (nSPS) is 12.5. The fourth-order valence-corrected chi connectivity index (χ4v) is 2.52. The van der Waals surface area contributed by atoms with Crippen molar-refractivity contribution in [2.45, 2.75) is 13.0 Å². The largest absolute Gasteiger partial charge is 0.271 e. The molecule has 106 valence electrons. The lowest BCUT2D eigenvalue weighted by molar-refractivity contribution is 0.604. The maximum Gasteiger partial charge on any atom is 0.123 e. The lowest BCUT2D eigenvalue weighted by atomic mass is 9.94. The third-order valence-electron chi connectivity index (χ3n) is 3.56. The Balaban J connectivity index is 2.21. The molecular formula is C16H15FN4. The Morgan fingerprint density at radius 1 is 1.10 bits per heavy atom. The number of benzene rings is 2. The summed E-state index contributed by atoms with van der Waals surface area (Å²) in [5.41, 5.74) is 6.92. The Labute approximate surface area is 121 Å². The van der Waals surface area contributed by atoms with Gasteiger partial charge in [0.25, 0.3) is 0 Å². The number of nitrogens with one attached hydrogen (secondary N) is 1. The van der Waals surface area contributed by atoms with Crippen LogP contribution < -0.4 is 11.3 Å². The van der Waals surface area contributed by atoms with Gasteiger partial charge in [-0.15, -0.1) is 0 Å². The Morgan fingerprint density at radius 3 is 2.71 bits per heavy atom. The summed E-state index contributed by atoms with van der Waals surface area (Å²) in [6, 6.07) is 10.0. The van der Waals surface area contributed by atoms with Crippen LogP contribution in [0.4, 0.5) is 4.39 Å². The number of fused-ring (bicyclic) bond motifs is 1. The molecule has 3 N–H and O–H groups in total. The molecule has 0 bridgehead atoms. The zero-order chi connectivity index (χ0) is 14.8. The predicted octanol–water partition coefficient (Wildman–Crippen LogP) is 2.63. The molecule has 3 aromatic rings. The van der Waals surface area contributed by atoms with Crippen molar-refractivity contribution < 1.29 is 4.39 Å². The molecule has 3 rings (SSSR count). The first-order chi connectivity index (χ1) is 10.2. The van der Waals surface area contributed by atoms with Crippen molar-refractivity contribution in [3.63, 3.8) is 0 Å². The first-order valence-electron chi connectivity index (χ1n) is 6.62. The van der Waals surface area contributed by atoms with E-state index in [1.54, 1.807) is 18.5 Å². The van der Waals surface area contributed by atoms with Crippen LogP contribution in [-0.4, -0.2) is 9.97 Å². The molecule has 0 aliphatic rings. The van der Waals surface area contributed by atoms with Crippen LogP contribution in [0.3, 0.4) is 0 Å². The molecule has 1 atom stereocenters. The van der Waals surface area contributed by atoms with E-state index in [0.29, 0.717) is 0 Å². The fraction of sp³-hybridized carbons (Fsp3) is 0.125. The van der Waals surface area contributed by atoms with Crippen molar-refractivity contribution in [3.8, 4) is 0 Å². The molecule has 0 saturated heterocycles. The van der Waals surface area contributed by atoms with Crippen LogP contribution in [0.25, 0.3) is 11.0 Å². The van der Waals surface area contributed by atoms with Crippen LogP contribution in [0.15, 0.2) is 48.8 Å². The summed E-state index contributed by atoms with van der Waals surface area (Å²) in [6.45, 7) is 1.93. The molecule has 1 heterocycles. The number of hydrogen-bond donors (Lipinski definition) is 2. The number of halogens is 1. The van der Waals surface area contributed by atoms with E-state index in [4.69, 9.17) is 5.84 Å². The molecule has 4 nitrogen and oxygen atoms in total. The second kappa shape index (κ2) is 5.55. The lowest BCUT2D eigenvalue weighted by Crippen LogP contribution is -2.29. The zero-order valence-corrected chi connectivity index (χ0v) is 11.5. The molecule has 5 heteroatoms. The molecule has 2 aromatic carbocycles. The lowest BCUT2D eigenvalue weighted by Gasteiger charge is -2.20. The fourth-order valence-electron chi connectivity index (χ4n) is 2.52. The van der Waals surface area contributed by atoms with Gasteiger partial charge in [-0.25, -0.2) is 9.82 Å². The number of nitrogens with zero attached hydrogens (tertiary/aromatic N) is 2. The van der Waals surface area contributed by atoms with E-state index < -0.39 is 0 Å². The van der Waals surface area contributed by atoms with Crippen LogP contribution in [0.2, 0.25) is 0 Å². The summed E-state index contributed by atoms with van der Waals surface area (Å²) in [7, 11) is 0. The van der Waals surface area contributed by atoms with Crippen LogP contribution in [-0.2, 0) is 0 Å². The van der Waals surface area contributed by atoms with E-state index in [1.165, 1.54) is 12.1 Å². The molecule has 0 amide bonds. The van der Waals surface area contributed by atoms with Crippen molar-refractivity contribution >= 4 is 11.0 Å². The minimum absolute atomic E-state index is 0.290. The van der Waals surface area contributed by atoms with Crippen LogP contribution in [0, 0.1) is 12.7 Å². The Morgan fingerprint density at radius 2 is 1.90 bits per heavy atom. The van der Waals surface area contributed by atoms with Crippen LogP contribution >= 0.6 is 0 Å². The van der Waals surface area contributed by atoms with Crippen molar-refractivity contribution in [3.05, 3.63) is 71.3 Å². The zero-order valence-electron chi connectivity index (χ0n) is 11.5. The quantitative estimate of drug-likeness (QED) is 0.572. The van der Waals surface area contributed by atoms with E-state index >= 15 is 0 Å². The molecule has 1 unspecified atom stereocenters. The molecule has 21 heavy (non-hydrogen) atoms. The molecule has 0 aliphatic carbocycles. The topological polar surface area (TPSA) is 63.8 Å². The minimum Gasteiger partial charge on any atom is -0.271 e. The van der Waals surface area contributed by atoms with E-state index in [0.717, 1.165) is 27.7 Å². The number of hydrazine groups is 1. The van der Waals surface area contributed by atoms with Gasteiger partial charge in [0.15, 0.2) is 0 Å². The molecular weight excluding hydrogens is 267 g/mol. The Hall–Kier alpha value is -2.37. The third kappa shape index (κ3) is 2.49. The highest BCUT2D eigenvalue weighted by Crippen LogP contribution is 2.28. The summed E-state index contributed by atoms with van der Waals surface area (Å²) in [5.74, 6) is 5.44. The number of para-hydroxylation sites is 1. The second-order valence-corrected chi connectivity index (χ2v) is 4.87. The molecule has 0 fully saturated rings. The van der Waals surface area contributed by atoms with Gasteiger partial charge in [0, 0.05) is 18.0 Å². The van der Waals surface area contributed by atoms with Gasteiger partial charge >= 0.3 is 0 Å². The van der Waals surface area contributed by atoms with E-state index in [2.05, 4.69) is 15.4 Å². The van der Waals surface area contributed by atoms with E-state index in [1.807, 2.05) is 25.1 Å². The summed E-state index contributed by atoms with van der Waals surface area (Å²) >= 11 is 0. The third-order valence-corrected chi connectivity index (χ3v) is 3.56. The van der Waals surface area contributed by atoms with E-state index in [9.17, 15) is 4.39 Å². The number of hydrogen-bond acceptors (Lipinski definition) is 4. The summed E-state index contributed by atoms with van der Waals surface area (Å²) in [5, 5.41) is 0. The number of nitrogens with two attached hydrogens (primary N) is 1. The standard InChI is InChI=1S/C16H15FN4/c1-10-5-6-11(17)9-13(10)15(21-18)12-3-2-4-14-16(12)20-8-7-19-14/h2-9,15,21H,18H2,1H3. The maximum atomic E-state index is 13.6.